The van der Waals surface area contributed by atoms with Crippen molar-refractivity contribution >= 4 is 40.3 Å². The number of rotatable bonds is 2. The topological polar surface area (TPSA) is 102 Å². The Labute approximate surface area is 248 Å². The van der Waals surface area contributed by atoms with Gasteiger partial charge in [0.15, 0.2) is 0 Å². The Kier molecular flexibility index (Phi) is 6.18. The molecule has 0 unspecified atom stereocenters. The molecular formula is C34H42N4O4. The zero-order chi connectivity index (χ0) is 31.5. The van der Waals surface area contributed by atoms with Crippen molar-refractivity contribution in [2.45, 2.75) is 85.7 Å². The van der Waals surface area contributed by atoms with Crippen molar-refractivity contribution in [3.8, 4) is 0 Å². The summed E-state index contributed by atoms with van der Waals surface area (Å²) in [4.78, 5) is 47.1. The summed E-state index contributed by atoms with van der Waals surface area (Å²) in [5.41, 5.74) is 4.85. The van der Waals surface area contributed by atoms with E-state index in [4.69, 9.17) is 0 Å². The number of ketones is 1. The molecule has 1 aromatic rings. The van der Waals surface area contributed by atoms with Crippen LogP contribution in [0.15, 0.2) is 57.5 Å². The monoisotopic (exact) mass is 570 g/mol. The Hall–Kier alpha value is -3.94. The highest BCUT2D eigenvalue weighted by atomic mass is 16.3. The second kappa shape index (κ2) is 8.79. The van der Waals surface area contributed by atoms with Crippen molar-refractivity contribution in [3.05, 3.63) is 63.6 Å². The first-order valence-electron chi connectivity index (χ1n) is 14.4. The number of carbonyl (C=O) groups is 3. The summed E-state index contributed by atoms with van der Waals surface area (Å²) in [6.45, 7) is 20.0. The molecule has 222 valence electrons. The molecule has 1 saturated heterocycles. The number of hydrogen-bond acceptors (Lipinski definition) is 6. The predicted molar refractivity (Wildman–Crippen MR) is 168 cm³/mol. The number of aliphatic hydroxyl groups excluding tert-OH is 1. The van der Waals surface area contributed by atoms with Gasteiger partial charge in [-0.25, -0.2) is 4.99 Å². The molecular weight excluding hydrogens is 528 g/mol. The molecule has 2 amide bonds. The third kappa shape index (κ3) is 3.66. The first kappa shape index (κ1) is 29.5. The molecule has 5 rings (SSSR count). The van der Waals surface area contributed by atoms with E-state index in [1.807, 2.05) is 38.4 Å². The van der Waals surface area contributed by atoms with E-state index in [0.29, 0.717) is 22.5 Å². The molecule has 0 bridgehead atoms. The molecule has 1 fully saturated rings. The number of likely N-dealkylation sites (tertiary alicyclic amines) is 1. The summed E-state index contributed by atoms with van der Waals surface area (Å²) in [6, 6.07) is 3.82. The van der Waals surface area contributed by atoms with E-state index in [0.717, 1.165) is 22.5 Å². The highest BCUT2D eigenvalue weighted by Gasteiger charge is 2.54. The number of nitrogens with zero attached hydrogens (tertiary/aromatic N) is 3. The molecule has 4 aliphatic rings. The van der Waals surface area contributed by atoms with Crippen molar-refractivity contribution in [1.29, 1.82) is 0 Å². The maximum atomic E-state index is 14.0. The fourth-order valence-electron chi connectivity index (χ4n) is 6.69. The number of aliphatic hydroxyl groups is 1. The number of Topliss-reactive ketones (excluding diaryl/α,β-unsaturated/α-hetero) is 1. The van der Waals surface area contributed by atoms with Crippen LogP contribution in [0.2, 0.25) is 0 Å². The van der Waals surface area contributed by atoms with Crippen molar-refractivity contribution in [2.75, 3.05) is 24.3 Å². The first-order valence-corrected chi connectivity index (χ1v) is 14.4. The Morgan fingerprint density at radius 3 is 2.00 bits per heavy atom. The number of amides is 2. The van der Waals surface area contributed by atoms with E-state index in [-0.39, 0.29) is 50.5 Å². The van der Waals surface area contributed by atoms with Crippen LogP contribution >= 0.6 is 0 Å². The number of fused-ring (bicyclic) bond motifs is 2. The van der Waals surface area contributed by atoms with Gasteiger partial charge in [-0.2, -0.15) is 0 Å². The third-order valence-electron chi connectivity index (χ3n) is 11.1. The van der Waals surface area contributed by atoms with Crippen LogP contribution < -0.4 is 10.2 Å². The molecule has 42 heavy (non-hydrogen) atoms. The van der Waals surface area contributed by atoms with E-state index in [2.05, 4.69) is 75.5 Å². The largest absolute Gasteiger partial charge is 0.506 e. The summed E-state index contributed by atoms with van der Waals surface area (Å²) in [5.74, 6) is -1.20. The quantitative estimate of drug-likeness (QED) is 0.432. The van der Waals surface area contributed by atoms with Crippen molar-refractivity contribution in [3.63, 3.8) is 0 Å². The lowest BCUT2D eigenvalue weighted by Gasteiger charge is -2.40. The van der Waals surface area contributed by atoms with E-state index in [1.54, 1.807) is 0 Å². The Morgan fingerprint density at radius 1 is 0.857 bits per heavy atom. The zero-order valence-electron chi connectivity index (χ0n) is 26.8. The van der Waals surface area contributed by atoms with E-state index in [1.165, 1.54) is 13.8 Å². The number of likely N-dealkylation sites (N-methyl/N-ethyl adjacent to an activating group) is 2. The highest BCUT2D eigenvalue weighted by molar-refractivity contribution is 6.42. The number of carbonyl (C=O) groups excluding carboxylic acids is 3. The fourth-order valence-corrected chi connectivity index (χ4v) is 6.69. The molecule has 1 aromatic carbocycles. The van der Waals surface area contributed by atoms with Gasteiger partial charge in [-0.1, -0.05) is 27.7 Å². The fraction of sp³-hybridized carbons (Fsp3) is 0.471. The second-order valence-electron chi connectivity index (χ2n) is 14.0. The van der Waals surface area contributed by atoms with Crippen LogP contribution in [0.5, 0.6) is 0 Å². The Morgan fingerprint density at radius 2 is 1.45 bits per heavy atom. The van der Waals surface area contributed by atoms with Crippen LogP contribution in [0.3, 0.4) is 0 Å². The summed E-state index contributed by atoms with van der Waals surface area (Å²) in [6.07, 6.45) is 3.74. The number of hydrogen-bond donors (Lipinski definition) is 2. The minimum Gasteiger partial charge on any atom is -0.506 e. The molecule has 0 atom stereocenters. The minimum absolute atomic E-state index is 0.127. The van der Waals surface area contributed by atoms with Gasteiger partial charge in [-0.3, -0.25) is 14.4 Å². The van der Waals surface area contributed by atoms with Crippen LogP contribution in [-0.2, 0) is 19.8 Å². The standard InChI is InChI=1S/C34H42N4O4/c1-17(39)35-23-15-25-21(31(3,4)33(7,8)37(25)11)13-19(23)27-29(41)28(30(27)42)20-14-22-26(16-24(20)36-18(2)40)38(12)34(9,10)32(22,5)6/h13-16,41H,1-12H3,(H,35,39)/b28-20-,36-24?. The van der Waals surface area contributed by atoms with Crippen molar-refractivity contribution in [2.24, 2.45) is 10.4 Å². The Bertz CT molecular complexity index is 1660. The Balaban J connectivity index is 1.75. The molecule has 2 heterocycles. The van der Waals surface area contributed by atoms with Gasteiger partial charge in [0.2, 0.25) is 17.6 Å². The van der Waals surface area contributed by atoms with Gasteiger partial charge in [0.1, 0.15) is 5.76 Å². The van der Waals surface area contributed by atoms with E-state index >= 15 is 0 Å². The van der Waals surface area contributed by atoms with Crippen molar-refractivity contribution in [1.82, 2.24) is 4.90 Å². The third-order valence-corrected chi connectivity index (χ3v) is 11.1. The van der Waals surface area contributed by atoms with Gasteiger partial charge < -0.3 is 20.2 Å². The molecule has 8 nitrogen and oxygen atoms in total. The average molecular weight is 571 g/mol. The number of nitrogens with one attached hydrogen (secondary N) is 1. The summed E-state index contributed by atoms with van der Waals surface area (Å²) >= 11 is 0. The maximum absolute atomic E-state index is 14.0. The van der Waals surface area contributed by atoms with E-state index in [9.17, 15) is 19.5 Å². The van der Waals surface area contributed by atoms with Crippen LogP contribution in [-0.4, -0.2) is 58.5 Å². The number of aliphatic imine (C=N–C) groups is 1. The molecule has 0 aromatic heterocycles. The minimum atomic E-state index is -0.396. The number of benzene rings is 1. The van der Waals surface area contributed by atoms with Crippen LogP contribution in [0.25, 0.3) is 5.57 Å². The first-order chi connectivity index (χ1) is 19.2. The lowest BCUT2D eigenvalue weighted by Crippen LogP contribution is -2.49. The normalized spacial score (nSPS) is 25.6. The molecule has 8 heteroatoms. The number of anilines is 2. The summed E-state index contributed by atoms with van der Waals surface area (Å²) < 4.78 is 0. The van der Waals surface area contributed by atoms with Crippen molar-refractivity contribution < 1.29 is 19.5 Å². The molecule has 2 aliphatic heterocycles. The smallest absolute Gasteiger partial charge is 0.243 e. The lowest BCUT2D eigenvalue weighted by molar-refractivity contribution is -0.116. The number of allylic oxidation sites excluding steroid dienone is 6. The van der Waals surface area contributed by atoms with Gasteiger partial charge in [0, 0.05) is 72.4 Å². The van der Waals surface area contributed by atoms with Crippen LogP contribution in [0, 0.1) is 5.41 Å². The highest BCUT2D eigenvalue weighted by Crippen LogP contribution is 2.56. The summed E-state index contributed by atoms with van der Waals surface area (Å²) in [7, 11) is 4.04. The molecule has 2 N–H and O–H groups in total. The SMILES string of the molecule is CC(=O)N=C1C=C2C(=C/C1=C1/C(=O)C(c3cc4c(cc3NC(C)=O)N(C)C(C)(C)C4(C)C)=C1O)C(C)(C)C(C)(C)N2C. The van der Waals surface area contributed by atoms with Crippen LogP contribution in [0.4, 0.5) is 11.4 Å². The van der Waals surface area contributed by atoms with Gasteiger partial charge in [-0.05, 0) is 63.1 Å². The van der Waals surface area contributed by atoms with Gasteiger partial charge in [0.25, 0.3) is 0 Å². The zero-order valence-corrected chi connectivity index (χ0v) is 26.8. The van der Waals surface area contributed by atoms with Crippen LogP contribution in [0.1, 0.15) is 80.4 Å². The van der Waals surface area contributed by atoms with Gasteiger partial charge in [-0.15, -0.1) is 0 Å². The second-order valence-corrected chi connectivity index (χ2v) is 14.0. The maximum Gasteiger partial charge on any atom is 0.243 e. The predicted octanol–water partition coefficient (Wildman–Crippen LogP) is 5.86. The average Bonchev–Trinajstić information content (AvgIpc) is 3.08. The summed E-state index contributed by atoms with van der Waals surface area (Å²) in [5, 5.41) is 14.5. The van der Waals surface area contributed by atoms with Gasteiger partial charge >= 0.3 is 0 Å². The molecule has 0 radical (unpaired) electrons. The van der Waals surface area contributed by atoms with E-state index < -0.39 is 5.91 Å². The van der Waals surface area contributed by atoms with Gasteiger partial charge in [0.05, 0.1) is 22.5 Å². The lowest BCUT2D eigenvalue weighted by atomic mass is 9.69. The molecule has 2 aliphatic carbocycles. The molecule has 0 saturated carbocycles. The molecule has 0 spiro atoms.